The fourth-order valence-corrected chi connectivity index (χ4v) is 3.17. The molecular formula is C16H23N3S. The molecule has 3 nitrogen and oxygen atoms in total. The summed E-state index contributed by atoms with van der Waals surface area (Å²) in [6.45, 7) is 7.28. The van der Waals surface area contributed by atoms with Crippen LogP contribution in [0.2, 0.25) is 0 Å². The Morgan fingerprint density at radius 3 is 2.80 bits per heavy atom. The monoisotopic (exact) mass is 289 g/mol. The van der Waals surface area contributed by atoms with Gasteiger partial charge in [0.25, 0.3) is 0 Å². The number of nitrogens with zero attached hydrogens (tertiary/aromatic N) is 2. The van der Waals surface area contributed by atoms with Crippen LogP contribution >= 0.6 is 11.3 Å². The maximum absolute atomic E-state index is 4.36. The average Bonchev–Trinajstić information content (AvgIpc) is 2.96. The van der Waals surface area contributed by atoms with E-state index in [0.717, 1.165) is 37.2 Å². The highest BCUT2D eigenvalue weighted by molar-refractivity contribution is 7.07. The van der Waals surface area contributed by atoms with Crippen LogP contribution in [0.4, 0.5) is 0 Å². The Balaban J connectivity index is 2.16. The minimum absolute atomic E-state index is 0.365. The van der Waals surface area contributed by atoms with Gasteiger partial charge in [-0.3, -0.25) is 0 Å². The van der Waals surface area contributed by atoms with Gasteiger partial charge >= 0.3 is 0 Å². The van der Waals surface area contributed by atoms with Gasteiger partial charge in [0.05, 0.1) is 11.4 Å². The Morgan fingerprint density at radius 2 is 2.15 bits per heavy atom. The molecule has 2 aromatic heterocycles. The number of aryl methyl sites for hydroxylation is 3. The highest BCUT2D eigenvalue weighted by atomic mass is 32.1. The normalized spacial score (nSPS) is 12.6. The molecule has 2 rings (SSSR count). The first-order valence-corrected chi connectivity index (χ1v) is 8.26. The molecule has 1 N–H and O–H groups in total. The molecule has 1 unspecified atom stereocenters. The maximum atomic E-state index is 4.36. The van der Waals surface area contributed by atoms with E-state index in [1.807, 2.05) is 6.92 Å². The smallest absolute Gasteiger partial charge is 0.0676 e. The summed E-state index contributed by atoms with van der Waals surface area (Å²) >= 11 is 1.77. The first kappa shape index (κ1) is 15.1. The molecule has 0 aromatic carbocycles. The number of hydrogen-bond donors (Lipinski definition) is 1. The standard InChI is InChI=1S/C16H23N3S/c1-4-15-14(10-12(3)18-19-15)16(17-5-2)7-6-13-8-9-20-11-13/h8-11,16-17H,4-7H2,1-3H3. The number of thiophene rings is 1. The molecule has 0 fully saturated rings. The van der Waals surface area contributed by atoms with Gasteiger partial charge in [0.15, 0.2) is 0 Å². The van der Waals surface area contributed by atoms with Crippen molar-refractivity contribution < 1.29 is 0 Å². The molecule has 0 spiro atoms. The third-order valence-electron chi connectivity index (χ3n) is 3.49. The molecule has 0 aliphatic carbocycles. The van der Waals surface area contributed by atoms with Gasteiger partial charge in [-0.05, 0) is 66.8 Å². The van der Waals surface area contributed by atoms with Crippen molar-refractivity contribution in [2.75, 3.05) is 6.54 Å². The van der Waals surface area contributed by atoms with Gasteiger partial charge in [0.1, 0.15) is 0 Å². The van der Waals surface area contributed by atoms with Crippen molar-refractivity contribution in [2.45, 2.75) is 46.1 Å². The third kappa shape index (κ3) is 3.87. The largest absolute Gasteiger partial charge is 0.310 e. The molecule has 0 saturated carbocycles. The van der Waals surface area contributed by atoms with Crippen molar-refractivity contribution in [3.05, 3.63) is 45.4 Å². The predicted molar refractivity (Wildman–Crippen MR) is 85.2 cm³/mol. The minimum Gasteiger partial charge on any atom is -0.310 e. The Morgan fingerprint density at radius 1 is 1.30 bits per heavy atom. The molecule has 20 heavy (non-hydrogen) atoms. The van der Waals surface area contributed by atoms with Crippen LogP contribution < -0.4 is 5.32 Å². The second-order valence-corrected chi connectivity index (χ2v) is 5.80. The molecular weight excluding hydrogens is 266 g/mol. The average molecular weight is 289 g/mol. The van der Waals surface area contributed by atoms with Gasteiger partial charge in [-0.1, -0.05) is 13.8 Å². The van der Waals surface area contributed by atoms with E-state index in [1.54, 1.807) is 11.3 Å². The van der Waals surface area contributed by atoms with Gasteiger partial charge in [-0.25, -0.2) is 0 Å². The third-order valence-corrected chi connectivity index (χ3v) is 4.22. The van der Waals surface area contributed by atoms with Gasteiger partial charge in [0, 0.05) is 6.04 Å². The summed E-state index contributed by atoms with van der Waals surface area (Å²) in [5.74, 6) is 0. The number of nitrogens with one attached hydrogen (secondary N) is 1. The number of rotatable bonds is 7. The Hall–Kier alpha value is -1.26. The van der Waals surface area contributed by atoms with E-state index in [-0.39, 0.29) is 0 Å². The Labute approximate surface area is 125 Å². The molecule has 0 aliphatic heterocycles. The number of aromatic nitrogens is 2. The summed E-state index contributed by atoms with van der Waals surface area (Å²) in [6, 6.07) is 4.76. The first-order valence-electron chi connectivity index (χ1n) is 7.32. The fraction of sp³-hybridized carbons (Fsp3) is 0.500. The highest BCUT2D eigenvalue weighted by Gasteiger charge is 2.15. The van der Waals surface area contributed by atoms with Crippen molar-refractivity contribution in [3.63, 3.8) is 0 Å². The molecule has 4 heteroatoms. The lowest BCUT2D eigenvalue weighted by Gasteiger charge is -2.20. The molecule has 0 radical (unpaired) electrons. The van der Waals surface area contributed by atoms with Crippen LogP contribution in [0.3, 0.4) is 0 Å². The van der Waals surface area contributed by atoms with Gasteiger partial charge in [-0.2, -0.15) is 21.5 Å². The maximum Gasteiger partial charge on any atom is 0.0676 e. The lowest BCUT2D eigenvalue weighted by atomic mass is 9.97. The topological polar surface area (TPSA) is 37.8 Å². The van der Waals surface area contributed by atoms with E-state index in [1.165, 1.54) is 11.1 Å². The zero-order valence-electron chi connectivity index (χ0n) is 12.5. The summed E-state index contributed by atoms with van der Waals surface area (Å²) in [7, 11) is 0. The van der Waals surface area contributed by atoms with E-state index in [4.69, 9.17) is 0 Å². The van der Waals surface area contributed by atoms with Gasteiger partial charge < -0.3 is 5.32 Å². The molecule has 0 amide bonds. The minimum atomic E-state index is 0.365. The summed E-state index contributed by atoms with van der Waals surface area (Å²) in [4.78, 5) is 0. The fourth-order valence-electron chi connectivity index (χ4n) is 2.47. The SMILES string of the molecule is CCNC(CCc1ccsc1)c1cc(C)nnc1CC. The first-order chi connectivity index (χ1) is 9.74. The van der Waals surface area contributed by atoms with E-state index >= 15 is 0 Å². The lowest BCUT2D eigenvalue weighted by molar-refractivity contribution is 0.507. The quantitative estimate of drug-likeness (QED) is 0.844. The Kier molecular flexibility index (Phi) is 5.68. The van der Waals surface area contributed by atoms with Gasteiger partial charge in [-0.15, -0.1) is 0 Å². The highest BCUT2D eigenvalue weighted by Crippen LogP contribution is 2.23. The van der Waals surface area contributed by atoms with Crippen LogP contribution in [0.5, 0.6) is 0 Å². The second-order valence-electron chi connectivity index (χ2n) is 5.02. The van der Waals surface area contributed by atoms with Crippen molar-refractivity contribution in [1.29, 1.82) is 0 Å². The molecule has 2 aromatic rings. The molecule has 0 bridgehead atoms. The van der Waals surface area contributed by atoms with Crippen molar-refractivity contribution in [2.24, 2.45) is 0 Å². The second kappa shape index (κ2) is 7.50. The van der Waals surface area contributed by atoms with Crippen LogP contribution in [0, 0.1) is 6.92 Å². The zero-order valence-corrected chi connectivity index (χ0v) is 13.3. The van der Waals surface area contributed by atoms with Crippen LogP contribution in [-0.4, -0.2) is 16.7 Å². The number of hydrogen-bond acceptors (Lipinski definition) is 4. The van der Waals surface area contributed by atoms with Crippen molar-refractivity contribution in [3.8, 4) is 0 Å². The molecule has 1 atom stereocenters. The van der Waals surface area contributed by atoms with E-state index in [9.17, 15) is 0 Å². The molecule has 108 valence electrons. The predicted octanol–water partition coefficient (Wildman–Crippen LogP) is 3.69. The van der Waals surface area contributed by atoms with Gasteiger partial charge in [0.2, 0.25) is 0 Å². The van der Waals surface area contributed by atoms with E-state index in [0.29, 0.717) is 6.04 Å². The van der Waals surface area contributed by atoms with Crippen molar-refractivity contribution in [1.82, 2.24) is 15.5 Å². The zero-order chi connectivity index (χ0) is 14.4. The summed E-state index contributed by atoms with van der Waals surface area (Å²) in [5.41, 5.74) is 4.86. The van der Waals surface area contributed by atoms with Crippen LogP contribution in [0.1, 0.15) is 48.8 Å². The van der Waals surface area contributed by atoms with Crippen LogP contribution in [-0.2, 0) is 12.8 Å². The summed E-state index contributed by atoms with van der Waals surface area (Å²) in [5, 5.41) is 16.5. The van der Waals surface area contributed by atoms with E-state index in [2.05, 4.69) is 52.3 Å². The summed E-state index contributed by atoms with van der Waals surface area (Å²) in [6.07, 6.45) is 3.14. The van der Waals surface area contributed by atoms with Crippen LogP contribution in [0.25, 0.3) is 0 Å². The lowest BCUT2D eigenvalue weighted by Crippen LogP contribution is -2.23. The molecule has 0 saturated heterocycles. The van der Waals surface area contributed by atoms with Crippen molar-refractivity contribution >= 4 is 11.3 Å². The Bertz CT molecular complexity index is 523. The molecule has 0 aliphatic rings. The molecule has 2 heterocycles. The summed E-state index contributed by atoms with van der Waals surface area (Å²) < 4.78 is 0. The van der Waals surface area contributed by atoms with Crippen LogP contribution in [0.15, 0.2) is 22.9 Å². The van der Waals surface area contributed by atoms with E-state index < -0.39 is 0 Å².